The van der Waals surface area contributed by atoms with Crippen LogP contribution in [0.15, 0.2) is 12.1 Å². The summed E-state index contributed by atoms with van der Waals surface area (Å²) < 4.78 is 51.2. The minimum atomic E-state index is -4.84. The van der Waals surface area contributed by atoms with Crippen molar-refractivity contribution in [1.82, 2.24) is 4.98 Å². The second-order valence-electron chi connectivity index (χ2n) is 2.60. The second-order valence-corrected chi connectivity index (χ2v) is 2.60. The van der Waals surface area contributed by atoms with Gasteiger partial charge in [-0.2, -0.15) is 0 Å². The van der Waals surface area contributed by atoms with Gasteiger partial charge in [0, 0.05) is 11.3 Å². The Kier molecular flexibility index (Phi) is 2.93. The van der Waals surface area contributed by atoms with Crippen molar-refractivity contribution in [3.63, 3.8) is 0 Å². The van der Waals surface area contributed by atoms with E-state index >= 15 is 0 Å². The van der Waals surface area contributed by atoms with Gasteiger partial charge in [0.05, 0.1) is 0 Å². The molecule has 0 aliphatic heterocycles. The van der Waals surface area contributed by atoms with Crippen LogP contribution in [-0.2, 0) is 6.67 Å². The quantitative estimate of drug-likeness (QED) is 0.698. The molecular formula is C8H7F4NO. The van der Waals surface area contributed by atoms with E-state index in [-0.39, 0.29) is 5.56 Å². The largest absolute Gasteiger partial charge is 0.574 e. The topological polar surface area (TPSA) is 22.1 Å². The molecule has 1 aromatic heterocycles. The fourth-order valence-corrected chi connectivity index (χ4v) is 0.861. The highest BCUT2D eigenvalue weighted by molar-refractivity contribution is 5.27. The molecule has 1 aromatic rings. The number of aryl methyl sites for hydroxylation is 1. The van der Waals surface area contributed by atoms with Gasteiger partial charge in [-0.05, 0) is 19.1 Å². The van der Waals surface area contributed by atoms with Crippen LogP contribution < -0.4 is 4.74 Å². The summed E-state index contributed by atoms with van der Waals surface area (Å²) in [6.07, 6.45) is -4.84. The highest BCUT2D eigenvalue weighted by Crippen LogP contribution is 2.25. The fraction of sp³-hybridized carbons (Fsp3) is 0.375. The zero-order valence-electron chi connectivity index (χ0n) is 7.23. The summed E-state index contributed by atoms with van der Waals surface area (Å²) in [5.74, 6) is -0.722. The van der Waals surface area contributed by atoms with Gasteiger partial charge in [-0.3, -0.25) is 0 Å². The van der Waals surface area contributed by atoms with Gasteiger partial charge in [0.2, 0.25) is 5.88 Å². The molecule has 2 nitrogen and oxygen atoms in total. The first-order valence-electron chi connectivity index (χ1n) is 3.70. The number of aromatic nitrogens is 1. The number of pyridine rings is 1. The number of ether oxygens (including phenoxy) is 1. The van der Waals surface area contributed by atoms with Crippen molar-refractivity contribution in [3.8, 4) is 5.88 Å². The molecule has 78 valence electrons. The summed E-state index contributed by atoms with van der Waals surface area (Å²) in [6.45, 7) is 0.448. The normalized spacial score (nSPS) is 11.5. The Morgan fingerprint density at radius 3 is 2.50 bits per heavy atom. The van der Waals surface area contributed by atoms with Crippen LogP contribution in [0.1, 0.15) is 11.3 Å². The van der Waals surface area contributed by atoms with E-state index in [1.54, 1.807) is 0 Å². The molecule has 0 bridgehead atoms. The van der Waals surface area contributed by atoms with Crippen molar-refractivity contribution in [2.45, 2.75) is 20.0 Å². The summed E-state index contributed by atoms with van der Waals surface area (Å²) in [7, 11) is 0. The summed E-state index contributed by atoms with van der Waals surface area (Å²) in [5, 5.41) is 0. The first kappa shape index (κ1) is 10.7. The van der Waals surface area contributed by atoms with Crippen molar-refractivity contribution in [2.75, 3.05) is 0 Å². The van der Waals surface area contributed by atoms with E-state index in [9.17, 15) is 17.6 Å². The number of rotatable bonds is 2. The van der Waals surface area contributed by atoms with E-state index < -0.39 is 18.9 Å². The van der Waals surface area contributed by atoms with Crippen molar-refractivity contribution < 1.29 is 22.3 Å². The second kappa shape index (κ2) is 3.81. The Bertz CT molecular complexity index is 324. The predicted molar refractivity (Wildman–Crippen MR) is 40.5 cm³/mol. The van der Waals surface area contributed by atoms with Gasteiger partial charge in [-0.15, -0.1) is 13.2 Å². The third kappa shape index (κ3) is 2.86. The molecule has 0 unspecified atom stereocenters. The molecule has 0 aliphatic rings. The smallest absolute Gasteiger partial charge is 0.387 e. The monoisotopic (exact) mass is 209 g/mol. The van der Waals surface area contributed by atoms with Crippen LogP contribution in [-0.4, -0.2) is 11.3 Å². The lowest BCUT2D eigenvalue weighted by Gasteiger charge is -2.10. The van der Waals surface area contributed by atoms with Crippen molar-refractivity contribution in [2.24, 2.45) is 0 Å². The molecule has 0 amide bonds. The Labute approximate surface area is 77.5 Å². The molecule has 0 fully saturated rings. The van der Waals surface area contributed by atoms with Crippen LogP contribution >= 0.6 is 0 Å². The molecule has 0 saturated carbocycles. The molecule has 0 spiro atoms. The van der Waals surface area contributed by atoms with Gasteiger partial charge in [0.15, 0.2) is 0 Å². The first-order chi connectivity index (χ1) is 6.42. The van der Waals surface area contributed by atoms with Crippen LogP contribution in [0.5, 0.6) is 5.88 Å². The number of alkyl halides is 4. The van der Waals surface area contributed by atoms with Crippen molar-refractivity contribution in [1.29, 1.82) is 0 Å². The van der Waals surface area contributed by atoms with Gasteiger partial charge in [-0.25, -0.2) is 9.37 Å². The maximum absolute atomic E-state index is 12.2. The zero-order valence-corrected chi connectivity index (χ0v) is 7.23. The van der Waals surface area contributed by atoms with Gasteiger partial charge in [0.1, 0.15) is 6.67 Å². The van der Waals surface area contributed by atoms with E-state index in [0.717, 1.165) is 0 Å². The average molecular weight is 209 g/mol. The van der Waals surface area contributed by atoms with Crippen molar-refractivity contribution in [3.05, 3.63) is 23.4 Å². The van der Waals surface area contributed by atoms with E-state index in [1.165, 1.54) is 19.1 Å². The van der Waals surface area contributed by atoms with E-state index in [2.05, 4.69) is 9.72 Å². The SMILES string of the molecule is Cc1ccc(CF)c(OC(F)(F)F)n1. The Morgan fingerprint density at radius 1 is 1.36 bits per heavy atom. The Morgan fingerprint density at radius 2 is 2.00 bits per heavy atom. The molecular weight excluding hydrogens is 202 g/mol. The molecule has 0 aliphatic carbocycles. The molecule has 0 atom stereocenters. The lowest BCUT2D eigenvalue weighted by molar-refractivity contribution is -0.276. The zero-order chi connectivity index (χ0) is 10.8. The maximum atomic E-state index is 12.2. The molecule has 0 radical (unpaired) electrons. The molecule has 0 saturated heterocycles. The predicted octanol–water partition coefficient (Wildman–Crippen LogP) is 2.76. The summed E-state index contributed by atoms with van der Waals surface area (Å²) in [6, 6.07) is 2.63. The number of hydrogen-bond acceptors (Lipinski definition) is 2. The minimum absolute atomic E-state index is 0.215. The van der Waals surface area contributed by atoms with Crippen LogP contribution in [0, 0.1) is 6.92 Å². The maximum Gasteiger partial charge on any atom is 0.574 e. The molecule has 14 heavy (non-hydrogen) atoms. The van der Waals surface area contributed by atoms with Crippen LogP contribution in [0.4, 0.5) is 17.6 Å². The summed E-state index contributed by atoms with van der Waals surface area (Å²) in [5.41, 5.74) is 0.120. The average Bonchev–Trinajstić information content (AvgIpc) is 2.01. The van der Waals surface area contributed by atoms with Gasteiger partial charge in [-0.1, -0.05) is 0 Å². The molecule has 0 N–H and O–H groups in total. The highest BCUT2D eigenvalue weighted by Gasteiger charge is 2.32. The summed E-state index contributed by atoms with van der Waals surface area (Å²) in [4.78, 5) is 3.45. The number of nitrogens with zero attached hydrogens (tertiary/aromatic N) is 1. The minimum Gasteiger partial charge on any atom is -0.387 e. The fourth-order valence-electron chi connectivity index (χ4n) is 0.861. The summed E-state index contributed by atoms with van der Waals surface area (Å²) >= 11 is 0. The Balaban J connectivity index is 2.99. The molecule has 1 heterocycles. The number of halogens is 4. The van der Waals surface area contributed by atoms with Crippen LogP contribution in [0.25, 0.3) is 0 Å². The van der Waals surface area contributed by atoms with E-state index in [0.29, 0.717) is 5.69 Å². The van der Waals surface area contributed by atoms with Crippen LogP contribution in [0.2, 0.25) is 0 Å². The number of hydrogen-bond donors (Lipinski definition) is 0. The molecule has 6 heteroatoms. The van der Waals surface area contributed by atoms with Gasteiger partial charge >= 0.3 is 6.36 Å². The third-order valence-electron chi connectivity index (χ3n) is 1.43. The lowest BCUT2D eigenvalue weighted by atomic mass is 10.2. The standard InChI is InChI=1S/C8H7F4NO/c1-5-2-3-6(4-9)7(13-5)14-8(10,11)12/h2-3H,4H2,1H3. The van der Waals surface area contributed by atoms with Crippen molar-refractivity contribution >= 4 is 0 Å². The van der Waals surface area contributed by atoms with E-state index in [1.807, 2.05) is 0 Å². The first-order valence-corrected chi connectivity index (χ1v) is 3.70. The third-order valence-corrected chi connectivity index (χ3v) is 1.43. The van der Waals surface area contributed by atoms with Gasteiger partial charge in [0.25, 0.3) is 0 Å². The highest BCUT2D eigenvalue weighted by atomic mass is 19.4. The van der Waals surface area contributed by atoms with Crippen LogP contribution in [0.3, 0.4) is 0 Å². The van der Waals surface area contributed by atoms with E-state index in [4.69, 9.17) is 0 Å². The molecule has 0 aromatic carbocycles. The lowest BCUT2D eigenvalue weighted by Crippen LogP contribution is -2.19. The Hall–Kier alpha value is -1.33. The van der Waals surface area contributed by atoms with Gasteiger partial charge < -0.3 is 4.74 Å². The molecule has 1 rings (SSSR count).